The average Bonchev–Trinajstić information content (AvgIpc) is 2.62. The fourth-order valence-corrected chi connectivity index (χ4v) is 2.77. The van der Waals surface area contributed by atoms with Gasteiger partial charge in [0.25, 0.3) is 5.91 Å². The van der Waals surface area contributed by atoms with Crippen LogP contribution in [0.15, 0.2) is 40.9 Å². The number of piperazine rings is 1. The molecular formula is C16H17BrN4O2. The Morgan fingerprint density at radius 2 is 1.74 bits per heavy atom. The molecular weight excluding hydrogens is 360 g/mol. The van der Waals surface area contributed by atoms with E-state index in [2.05, 4.69) is 31.0 Å². The Morgan fingerprint density at radius 1 is 1.04 bits per heavy atom. The highest BCUT2D eigenvalue weighted by Gasteiger charge is 2.23. The lowest BCUT2D eigenvalue weighted by Crippen LogP contribution is -2.49. The Balaban J connectivity index is 1.61. The number of halogens is 1. The van der Waals surface area contributed by atoms with Gasteiger partial charge in [0, 0.05) is 42.3 Å². The number of anilines is 1. The SMILES string of the molecule is COc1ccc(N2CCN(C(=O)c3ccc(Br)cc3)CC2)nn1. The van der Waals surface area contributed by atoms with Crippen molar-refractivity contribution in [1.29, 1.82) is 0 Å². The maximum atomic E-state index is 12.5. The van der Waals surface area contributed by atoms with Crippen molar-refractivity contribution in [2.75, 3.05) is 38.2 Å². The zero-order valence-electron chi connectivity index (χ0n) is 12.8. The van der Waals surface area contributed by atoms with E-state index in [9.17, 15) is 4.79 Å². The van der Waals surface area contributed by atoms with Crippen LogP contribution in [0.4, 0.5) is 5.82 Å². The summed E-state index contributed by atoms with van der Waals surface area (Å²) in [5.74, 6) is 1.37. The van der Waals surface area contributed by atoms with Crippen molar-refractivity contribution in [3.63, 3.8) is 0 Å². The maximum absolute atomic E-state index is 12.5. The molecule has 0 radical (unpaired) electrons. The van der Waals surface area contributed by atoms with Crippen molar-refractivity contribution in [3.8, 4) is 5.88 Å². The van der Waals surface area contributed by atoms with Crippen molar-refractivity contribution < 1.29 is 9.53 Å². The third-order valence-corrected chi connectivity index (χ3v) is 4.35. The summed E-state index contributed by atoms with van der Waals surface area (Å²) in [4.78, 5) is 16.5. The molecule has 7 heteroatoms. The Labute approximate surface area is 143 Å². The Morgan fingerprint density at radius 3 is 2.30 bits per heavy atom. The van der Waals surface area contributed by atoms with Crippen LogP contribution in [-0.4, -0.2) is 54.3 Å². The number of methoxy groups -OCH3 is 1. The van der Waals surface area contributed by atoms with E-state index >= 15 is 0 Å². The molecule has 1 aliphatic heterocycles. The fourth-order valence-electron chi connectivity index (χ4n) is 2.50. The molecule has 1 saturated heterocycles. The lowest BCUT2D eigenvalue weighted by Gasteiger charge is -2.35. The van der Waals surface area contributed by atoms with Crippen LogP contribution in [0.5, 0.6) is 5.88 Å². The van der Waals surface area contributed by atoms with Gasteiger partial charge < -0.3 is 14.5 Å². The van der Waals surface area contributed by atoms with Crippen LogP contribution in [0.1, 0.15) is 10.4 Å². The van der Waals surface area contributed by atoms with Gasteiger partial charge in [-0.15, -0.1) is 10.2 Å². The first-order valence-corrected chi connectivity index (χ1v) is 8.14. The first-order chi connectivity index (χ1) is 11.2. The second-order valence-corrected chi connectivity index (χ2v) is 6.14. The molecule has 120 valence electrons. The van der Waals surface area contributed by atoms with Crippen molar-refractivity contribution in [2.45, 2.75) is 0 Å². The van der Waals surface area contributed by atoms with Gasteiger partial charge in [-0.2, -0.15) is 0 Å². The normalized spacial score (nSPS) is 14.7. The molecule has 3 rings (SSSR count). The van der Waals surface area contributed by atoms with E-state index in [0.29, 0.717) is 24.5 Å². The van der Waals surface area contributed by atoms with Crippen LogP contribution in [0, 0.1) is 0 Å². The number of ether oxygens (including phenoxy) is 1. The summed E-state index contributed by atoms with van der Waals surface area (Å²) in [6, 6.07) is 11.1. The van der Waals surface area contributed by atoms with Gasteiger partial charge in [-0.25, -0.2) is 0 Å². The molecule has 23 heavy (non-hydrogen) atoms. The van der Waals surface area contributed by atoms with Crippen LogP contribution >= 0.6 is 15.9 Å². The van der Waals surface area contributed by atoms with E-state index in [1.54, 1.807) is 13.2 Å². The number of amides is 1. The smallest absolute Gasteiger partial charge is 0.253 e. The van der Waals surface area contributed by atoms with Crippen LogP contribution < -0.4 is 9.64 Å². The molecule has 2 heterocycles. The third-order valence-electron chi connectivity index (χ3n) is 3.82. The molecule has 0 atom stereocenters. The van der Waals surface area contributed by atoms with Crippen molar-refractivity contribution >= 4 is 27.7 Å². The summed E-state index contributed by atoms with van der Waals surface area (Å²) in [6.45, 7) is 2.82. The lowest BCUT2D eigenvalue weighted by atomic mass is 10.2. The molecule has 0 spiro atoms. The fraction of sp³-hybridized carbons (Fsp3) is 0.312. The summed E-state index contributed by atoms with van der Waals surface area (Å²) in [7, 11) is 1.57. The van der Waals surface area contributed by atoms with Gasteiger partial charge in [-0.1, -0.05) is 15.9 Å². The van der Waals surface area contributed by atoms with Gasteiger partial charge in [0.05, 0.1) is 7.11 Å². The van der Waals surface area contributed by atoms with E-state index in [-0.39, 0.29) is 5.91 Å². The van der Waals surface area contributed by atoms with Crippen molar-refractivity contribution in [3.05, 3.63) is 46.4 Å². The number of hydrogen-bond donors (Lipinski definition) is 0. The first-order valence-electron chi connectivity index (χ1n) is 7.35. The minimum absolute atomic E-state index is 0.0676. The van der Waals surface area contributed by atoms with E-state index in [1.165, 1.54) is 0 Å². The van der Waals surface area contributed by atoms with Gasteiger partial charge in [-0.3, -0.25) is 4.79 Å². The highest BCUT2D eigenvalue weighted by atomic mass is 79.9. The minimum atomic E-state index is 0.0676. The Hall–Kier alpha value is -2.15. The highest BCUT2D eigenvalue weighted by molar-refractivity contribution is 9.10. The van der Waals surface area contributed by atoms with E-state index in [0.717, 1.165) is 23.4 Å². The van der Waals surface area contributed by atoms with E-state index in [1.807, 2.05) is 35.2 Å². The second-order valence-electron chi connectivity index (χ2n) is 5.22. The Kier molecular flexibility index (Phi) is 4.76. The largest absolute Gasteiger partial charge is 0.480 e. The molecule has 0 saturated carbocycles. The Bertz CT molecular complexity index is 667. The molecule has 1 aromatic carbocycles. The van der Waals surface area contributed by atoms with Crippen LogP contribution in [0.3, 0.4) is 0 Å². The second kappa shape index (κ2) is 6.95. The number of rotatable bonds is 3. The molecule has 0 unspecified atom stereocenters. The van der Waals surface area contributed by atoms with Gasteiger partial charge in [0.15, 0.2) is 5.82 Å². The predicted molar refractivity (Wildman–Crippen MR) is 90.8 cm³/mol. The van der Waals surface area contributed by atoms with Crippen molar-refractivity contribution in [1.82, 2.24) is 15.1 Å². The summed E-state index contributed by atoms with van der Waals surface area (Å²) < 4.78 is 5.98. The number of benzene rings is 1. The molecule has 0 bridgehead atoms. The summed E-state index contributed by atoms with van der Waals surface area (Å²) >= 11 is 3.38. The van der Waals surface area contributed by atoms with Crippen LogP contribution in [0.2, 0.25) is 0 Å². The molecule has 1 fully saturated rings. The molecule has 1 aromatic heterocycles. The third kappa shape index (κ3) is 3.61. The molecule has 0 N–H and O–H groups in total. The van der Waals surface area contributed by atoms with Gasteiger partial charge in [-0.05, 0) is 30.3 Å². The van der Waals surface area contributed by atoms with E-state index < -0.39 is 0 Å². The summed E-state index contributed by atoms with van der Waals surface area (Å²) in [5.41, 5.74) is 0.714. The monoisotopic (exact) mass is 376 g/mol. The van der Waals surface area contributed by atoms with Crippen LogP contribution in [0.25, 0.3) is 0 Å². The van der Waals surface area contributed by atoms with Crippen LogP contribution in [-0.2, 0) is 0 Å². The number of hydrogen-bond acceptors (Lipinski definition) is 5. The number of nitrogens with zero attached hydrogens (tertiary/aromatic N) is 4. The van der Waals surface area contributed by atoms with Gasteiger partial charge in [0.2, 0.25) is 5.88 Å². The minimum Gasteiger partial charge on any atom is -0.480 e. The number of carbonyl (C=O) groups is 1. The topological polar surface area (TPSA) is 58.6 Å². The van der Waals surface area contributed by atoms with Gasteiger partial charge in [0.1, 0.15) is 0 Å². The van der Waals surface area contributed by atoms with Gasteiger partial charge >= 0.3 is 0 Å². The average molecular weight is 377 g/mol. The molecule has 0 aliphatic carbocycles. The van der Waals surface area contributed by atoms with E-state index in [4.69, 9.17) is 4.74 Å². The number of aromatic nitrogens is 2. The standard InChI is InChI=1S/C16H17BrN4O2/c1-23-15-7-6-14(18-19-15)20-8-10-21(11-9-20)16(22)12-2-4-13(17)5-3-12/h2-7H,8-11H2,1H3. The predicted octanol–water partition coefficient (Wildman–Crippen LogP) is 2.21. The summed E-state index contributed by atoms with van der Waals surface area (Å²) in [5, 5.41) is 8.14. The molecule has 6 nitrogen and oxygen atoms in total. The summed E-state index contributed by atoms with van der Waals surface area (Å²) in [6.07, 6.45) is 0. The quantitative estimate of drug-likeness (QED) is 0.821. The highest BCUT2D eigenvalue weighted by Crippen LogP contribution is 2.17. The number of carbonyl (C=O) groups excluding carboxylic acids is 1. The molecule has 1 aliphatic rings. The molecule has 2 aromatic rings. The maximum Gasteiger partial charge on any atom is 0.253 e. The molecule has 1 amide bonds. The zero-order valence-corrected chi connectivity index (χ0v) is 14.4. The lowest BCUT2D eigenvalue weighted by molar-refractivity contribution is 0.0746. The zero-order chi connectivity index (χ0) is 16.2. The van der Waals surface area contributed by atoms with Crippen molar-refractivity contribution in [2.24, 2.45) is 0 Å². The first kappa shape index (κ1) is 15.7.